The maximum absolute atomic E-state index is 11.5. The third-order valence-electron chi connectivity index (χ3n) is 1.98. The SMILES string of the molecule is COc1c(Cl)cc(CC(=O)OC(C)C)cc1Cl. The third-order valence-corrected chi connectivity index (χ3v) is 2.54. The van der Waals surface area contributed by atoms with E-state index in [4.69, 9.17) is 32.7 Å². The number of carbonyl (C=O) groups excluding carboxylic acids is 1. The molecule has 94 valence electrons. The van der Waals surface area contributed by atoms with E-state index in [1.54, 1.807) is 26.0 Å². The second-order valence-corrected chi connectivity index (χ2v) is 4.62. The summed E-state index contributed by atoms with van der Waals surface area (Å²) < 4.78 is 10.1. The predicted octanol–water partition coefficient (Wildman–Crippen LogP) is 3.50. The Morgan fingerprint density at radius 1 is 1.29 bits per heavy atom. The lowest BCUT2D eigenvalue weighted by molar-refractivity contribution is -0.146. The van der Waals surface area contributed by atoms with Crippen LogP contribution in [-0.4, -0.2) is 19.2 Å². The average Bonchev–Trinajstić information content (AvgIpc) is 2.15. The summed E-state index contributed by atoms with van der Waals surface area (Å²) in [4.78, 5) is 11.5. The van der Waals surface area contributed by atoms with Gasteiger partial charge >= 0.3 is 5.97 Å². The largest absolute Gasteiger partial charge is 0.494 e. The number of halogens is 2. The van der Waals surface area contributed by atoms with Gasteiger partial charge in [-0.15, -0.1) is 0 Å². The van der Waals surface area contributed by atoms with Crippen LogP contribution in [0.15, 0.2) is 12.1 Å². The van der Waals surface area contributed by atoms with Gasteiger partial charge in [-0.2, -0.15) is 0 Å². The van der Waals surface area contributed by atoms with Gasteiger partial charge in [-0.05, 0) is 31.5 Å². The van der Waals surface area contributed by atoms with Crippen molar-refractivity contribution in [1.29, 1.82) is 0 Å². The minimum Gasteiger partial charge on any atom is -0.494 e. The van der Waals surface area contributed by atoms with Crippen molar-refractivity contribution in [1.82, 2.24) is 0 Å². The van der Waals surface area contributed by atoms with Gasteiger partial charge in [0.1, 0.15) is 0 Å². The van der Waals surface area contributed by atoms with E-state index in [1.165, 1.54) is 7.11 Å². The van der Waals surface area contributed by atoms with Crippen LogP contribution in [0.25, 0.3) is 0 Å². The van der Waals surface area contributed by atoms with E-state index in [1.807, 2.05) is 0 Å². The Morgan fingerprint density at radius 3 is 2.24 bits per heavy atom. The highest BCUT2D eigenvalue weighted by molar-refractivity contribution is 6.37. The van der Waals surface area contributed by atoms with Crippen molar-refractivity contribution >= 4 is 29.2 Å². The molecule has 3 nitrogen and oxygen atoms in total. The van der Waals surface area contributed by atoms with Crippen molar-refractivity contribution in [3.8, 4) is 5.75 Å². The lowest BCUT2D eigenvalue weighted by atomic mass is 10.1. The number of rotatable bonds is 4. The van der Waals surface area contributed by atoms with Crippen LogP contribution in [0, 0.1) is 0 Å². The first kappa shape index (κ1) is 14.1. The molecule has 1 rings (SSSR count). The molecule has 1 aromatic rings. The average molecular weight is 277 g/mol. The van der Waals surface area contributed by atoms with Crippen LogP contribution in [0.4, 0.5) is 0 Å². The molecule has 0 fully saturated rings. The van der Waals surface area contributed by atoms with E-state index in [-0.39, 0.29) is 18.5 Å². The number of hydrogen-bond acceptors (Lipinski definition) is 3. The summed E-state index contributed by atoms with van der Waals surface area (Å²) in [6.45, 7) is 3.59. The molecule has 1 aromatic carbocycles. The quantitative estimate of drug-likeness (QED) is 0.790. The van der Waals surface area contributed by atoms with Crippen molar-refractivity contribution in [3.63, 3.8) is 0 Å². The number of methoxy groups -OCH3 is 1. The number of benzene rings is 1. The summed E-state index contributed by atoms with van der Waals surface area (Å²) in [5, 5.41) is 0.764. The monoisotopic (exact) mass is 276 g/mol. The molecule has 0 aromatic heterocycles. The van der Waals surface area contributed by atoms with Gasteiger partial charge in [0.05, 0.1) is 29.7 Å². The zero-order valence-corrected chi connectivity index (χ0v) is 11.4. The van der Waals surface area contributed by atoms with Crippen molar-refractivity contribution in [2.24, 2.45) is 0 Å². The molecule has 0 saturated heterocycles. The Morgan fingerprint density at radius 2 is 1.82 bits per heavy atom. The van der Waals surface area contributed by atoms with Gasteiger partial charge in [0.15, 0.2) is 5.75 Å². The van der Waals surface area contributed by atoms with Crippen molar-refractivity contribution in [2.75, 3.05) is 7.11 Å². The molecule has 0 atom stereocenters. The Bertz CT molecular complexity index is 393. The van der Waals surface area contributed by atoms with Gasteiger partial charge in [-0.25, -0.2) is 0 Å². The zero-order chi connectivity index (χ0) is 13.0. The molecule has 0 aliphatic carbocycles. The van der Waals surface area contributed by atoms with Crippen LogP contribution >= 0.6 is 23.2 Å². The second-order valence-electron chi connectivity index (χ2n) is 3.81. The van der Waals surface area contributed by atoms with Gasteiger partial charge < -0.3 is 9.47 Å². The Balaban J connectivity index is 2.83. The molecular weight excluding hydrogens is 263 g/mol. The summed E-state index contributed by atoms with van der Waals surface area (Å²) in [6, 6.07) is 3.29. The molecule has 0 bridgehead atoms. The maximum atomic E-state index is 11.5. The fourth-order valence-corrected chi connectivity index (χ4v) is 2.07. The number of esters is 1. The van der Waals surface area contributed by atoms with Gasteiger partial charge in [0, 0.05) is 0 Å². The Labute approximate surface area is 111 Å². The first-order chi connectivity index (χ1) is 7.93. The molecule has 0 N–H and O–H groups in total. The molecule has 0 spiro atoms. The lowest BCUT2D eigenvalue weighted by Gasteiger charge is -2.10. The molecule has 0 unspecified atom stereocenters. The highest BCUT2D eigenvalue weighted by Gasteiger charge is 2.12. The first-order valence-electron chi connectivity index (χ1n) is 5.15. The van der Waals surface area contributed by atoms with E-state index in [0.717, 1.165) is 0 Å². The number of hydrogen-bond donors (Lipinski definition) is 0. The summed E-state index contributed by atoms with van der Waals surface area (Å²) in [6.07, 6.45) is 0.00780. The molecule has 0 amide bonds. The molecule has 5 heteroatoms. The summed E-state index contributed by atoms with van der Waals surface area (Å²) in [5.41, 5.74) is 0.700. The van der Waals surface area contributed by atoms with E-state index in [9.17, 15) is 4.79 Å². The van der Waals surface area contributed by atoms with Crippen molar-refractivity contribution in [3.05, 3.63) is 27.7 Å². The minimum atomic E-state index is -0.308. The van der Waals surface area contributed by atoms with Gasteiger partial charge in [0.25, 0.3) is 0 Å². The predicted molar refractivity (Wildman–Crippen MR) is 67.9 cm³/mol. The second kappa shape index (κ2) is 6.12. The molecule has 0 saturated carbocycles. The summed E-state index contributed by atoms with van der Waals surface area (Å²) in [5.74, 6) is 0.103. The fourth-order valence-electron chi connectivity index (χ4n) is 1.38. The van der Waals surface area contributed by atoms with Crippen LogP contribution in [0.5, 0.6) is 5.75 Å². The fraction of sp³-hybridized carbons (Fsp3) is 0.417. The van der Waals surface area contributed by atoms with Crippen LogP contribution in [0.2, 0.25) is 10.0 Å². The third kappa shape index (κ3) is 4.10. The van der Waals surface area contributed by atoms with E-state index < -0.39 is 0 Å². The van der Waals surface area contributed by atoms with Gasteiger partial charge in [-0.3, -0.25) is 4.79 Å². The lowest BCUT2D eigenvalue weighted by Crippen LogP contribution is -2.13. The Kier molecular flexibility index (Phi) is 5.09. The topological polar surface area (TPSA) is 35.5 Å². The van der Waals surface area contributed by atoms with Gasteiger partial charge in [-0.1, -0.05) is 23.2 Å². The summed E-state index contributed by atoms with van der Waals surface area (Å²) in [7, 11) is 1.49. The molecular formula is C12H14Cl2O3. The van der Waals surface area contributed by atoms with Crippen LogP contribution < -0.4 is 4.74 Å². The molecule has 0 radical (unpaired) electrons. The highest BCUT2D eigenvalue weighted by atomic mass is 35.5. The highest BCUT2D eigenvalue weighted by Crippen LogP contribution is 2.33. The minimum absolute atomic E-state index is 0.133. The number of carbonyl (C=O) groups is 1. The van der Waals surface area contributed by atoms with Crippen molar-refractivity contribution in [2.45, 2.75) is 26.4 Å². The smallest absolute Gasteiger partial charge is 0.310 e. The van der Waals surface area contributed by atoms with Gasteiger partial charge in [0.2, 0.25) is 0 Å². The zero-order valence-electron chi connectivity index (χ0n) is 9.92. The number of ether oxygens (including phenoxy) is 2. The maximum Gasteiger partial charge on any atom is 0.310 e. The molecule has 0 aliphatic heterocycles. The van der Waals surface area contributed by atoms with E-state index in [2.05, 4.69) is 0 Å². The van der Waals surface area contributed by atoms with E-state index >= 15 is 0 Å². The Hall–Kier alpha value is -0.930. The molecule has 17 heavy (non-hydrogen) atoms. The van der Waals surface area contributed by atoms with Crippen LogP contribution in [-0.2, 0) is 16.0 Å². The van der Waals surface area contributed by atoms with Crippen molar-refractivity contribution < 1.29 is 14.3 Å². The normalized spacial score (nSPS) is 10.5. The van der Waals surface area contributed by atoms with E-state index in [0.29, 0.717) is 21.4 Å². The summed E-state index contributed by atoms with van der Waals surface area (Å²) >= 11 is 11.9. The first-order valence-corrected chi connectivity index (χ1v) is 5.91. The van der Waals surface area contributed by atoms with Crippen LogP contribution in [0.1, 0.15) is 19.4 Å². The molecule has 0 heterocycles. The standard InChI is InChI=1S/C12H14Cl2O3/c1-7(2)17-11(15)6-8-4-9(13)12(16-3)10(14)5-8/h4-5,7H,6H2,1-3H3. The van der Waals surface area contributed by atoms with Crippen LogP contribution in [0.3, 0.4) is 0 Å². The molecule has 0 aliphatic rings.